The summed E-state index contributed by atoms with van der Waals surface area (Å²) in [5, 5.41) is -0.417. The number of anilines is 1. The standard InChI is InChI=1S/C26H21BrFNO5S/c1-3-33-22-13-16(12-18(27)24(22)34-15-17-8-4-5-9-19(17)28)14-23-25(30)29(26(31)35-23)20-10-6-7-11-21(20)32-2/h4-14H,3,15H2,1-2H3/b23-14-. The van der Waals surface area contributed by atoms with Gasteiger partial charge in [0.25, 0.3) is 11.1 Å². The number of thioether (sulfide) groups is 1. The van der Waals surface area contributed by atoms with Crippen LogP contribution in [0.5, 0.6) is 17.2 Å². The molecule has 0 bridgehead atoms. The van der Waals surface area contributed by atoms with E-state index < -0.39 is 11.1 Å². The average Bonchev–Trinajstić information content (AvgIpc) is 3.12. The van der Waals surface area contributed by atoms with E-state index in [2.05, 4.69) is 15.9 Å². The first kappa shape index (κ1) is 24.8. The van der Waals surface area contributed by atoms with Crippen LogP contribution in [0.3, 0.4) is 0 Å². The fourth-order valence-corrected chi connectivity index (χ4v) is 4.89. The second kappa shape index (κ2) is 11.0. The molecule has 4 rings (SSSR count). The van der Waals surface area contributed by atoms with E-state index in [1.54, 1.807) is 60.7 Å². The number of amides is 2. The van der Waals surface area contributed by atoms with Crippen LogP contribution in [-0.2, 0) is 11.4 Å². The van der Waals surface area contributed by atoms with Crippen LogP contribution in [0, 0.1) is 5.82 Å². The summed E-state index contributed by atoms with van der Waals surface area (Å²) in [6, 6.07) is 16.7. The highest BCUT2D eigenvalue weighted by Gasteiger charge is 2.37. The number of nitrogens with zero attached hydrogens (tertiary/aromatic N) is 1. The first-order valence-electron chi connectivity index (χ1n) is 10.7. The minimum Gasteiger partial charge on any atom is -0.495 e. The zero-order valence-electron chi connectivity index (χ0n) is 18.9. The van der Waals surface area contributed by atoms with Crippen LogP contribution < -0.4 is 19.1 Å². The molecule has 0 atom stereocenters. The summed E-state index contributed by atoms with van der Waals surface area (Å²) < 4.78 is 31.5. The molecular formula is C26H21BrFNO5S. The molecule has 1 saturated heterocycles. The van der Waals surface area contributed by atoms with Crippen LogP contribution in [0.15, 0.2) is 70.0 Å². The van der Waals surface area contributed by atoms with Crippen LogP contribution in [0.2, 0.25) is 0 Å². The fraction of sp³-hybridized carbons (Fsp3) is 0.154. The molecule has 35 heavy (non-hydrogen) atoms. The Hall–Kier alpha value is -3.30. The largest absolute Gasteiger partial charge is 0.495 e. The summed E-state index contributed by atoms with van der Waals surface area (Å²) in [4.78, 5) is 27.1. The Morgan fingerprint density at radius 3 is 2.51 bits per heavy atom. The number of imide groups is 1. The number of hydrogen-bond acceptors (Lipinski definition) is 6. The van der Waals surface area contributed by atoms with E-state index in [-0.39, 0.29) is 17.3 Å². The molecule has 6 nitrogen and oxygen atoms in total. The van der Waals surface area contributed by atoms with Gasteiger partial charge in [-0.3, -0.25) is 9.59 Å². The molecule has 1 aliphatic heterocycles. The summed E-state index contributed by atoms with van der Waals surface area (Å²) in [6.07, 6.45) is 1.62. The van der Waals surface area contributed by atoms with Crippen molar-refractivity contribution in [3.63, 3.8) is 0 Å². The molecule has 0 N–H and O–H groups in total. The Balaban J connectivity index is 1.62. The van der Waals surface area contributed by atoms with Crippen molar-refractivity contribution in [3.05, 3.63) is 87.0 Å². The molecule has 2 amide bonds. The number of methoxy groups -OCH3 is 1. The summed E-state index contributed by atoms with van der Waals surface area (Å²) in [5.41, 5.74) is 1.43. The lowest BCUT2D eigenvalue weighted by Gasteiger charge is -2.16. The number of carbonyl (C=O) groups excluding carboxylic acids is 2. The van der Waals surface area contributed by atoms with Crippen molar-refractivity contribution >= 4 is 50.6 Å². The number of benzene rings is 3. The highest BCUT2D eigenvalue weighted by molar-refractivity contribution is 9.10. The van der Waals surface area contributed by atoms with Gasteiger partial charge in [0.15, 0.2) is 11.5 Å². The van der Waals surface area contributed by atoms with Gasteiger partial charge in [-0.05, 0) is 76.6 Å². The number of hydrogen-bond donors (Lipinski definition) is 0. The minimum atomic E-state index is -0.446. The number of ether oxygens (including phenoxy) is 3. The molecule has 180 valence electrons. The molecule has 3 aromatic carbocycles. The van der Waals surface area contributed by atoms with Crippen molar-refractivity contribution in [1.29, 1.82) is 0 Å². The van der Waals surface area contributed by atoms with E-state index in [0.717, 1.165) is 16.7 Å². The van der Waals surface area contributed by atoms with E-state index in [9.17, 15) is 14.0 Å². The van der Waals surface area contributed by atoms with Gasteiger partial charge in [-0.15, -0.1) is 0 Å². The van der Waals surface area contributed by atoms with Crippen molar-refractivity contribution in [2.75, 3.05) is 18.6 Å². The van der Waals surface area contributed by atoms with Gasteiger partial charge in [0.05, 0.1) is 28.8 Å². The Labute approximate surface area is 214 Å². The quantitative estimate of drug-likeness (QED) is 0.283. The minimum absolute atomic E-state index is 0.0164. The normalized spacial score (nSPS) is 14.5. The van der Waals surface area contributed by atoms with Crippen molar-refractivity contribution < 1.29 is 28.2 Å². The van der Waals surface area contributed by atoms with Gasteiger partial charge in [-0.2, -0.15) is 0 Å². The van der Waals surface area contributed by atoms with Gasteiger partial charge < -0.3 is 14.2 Å². The van der Waals surface area contributed by atoms with Gasteiger partial charge in [-0.25, -0.2) is 9.29 Å². The van der Waals surface area contributed by atoms with E-state index in [4.69, 9.17) is 14.2 Å². The van der Waals surface area contributed by atoms with Gasteiger partial charge in [0, 0.05) is 5.56 Å². The van der Waals surface area contributed by atoms with E-state index in [1.165, 1.54) is 13.2 Å². The van der Waals surface area contributed by atoms with Crippen molar-refractivity contribution in [3.8, 4) is 17.2 Å². The third kappa shape index (κ3) is 5.36. The second-order valence-electron chi connectivity index (χ2n) is 7.33. The van der Waals surface area contributed by atoms with Crippen LogP contribution in [0.1, 0.15) is 18.1 Å². The lowest BCUT2D eigenvalue weighted by Crippen LogP contribution is -2.28. The average molecular weight is 558 g/mol. The third-order valence-electron chi connectivity index (χ3n) is 5.08. The predicted octanol–water partition coefficient (Wildman–Crippen LogP) is 6.82. The topological polar surface area (TPSA) is 65.1 Å². The van der Waals surface area contributed by atoms with Crippen molar-refractivity contribution in [2.45, 2.75) is 13.5 Å². The Morgan fingerprint density at radius 1 is 1.03 bits per heavy atom. The van der Waals surface area contributed by atoms with Crippen LogP contribution in [0.4, 0.5) is 14.9 Å². The van der Waals surface area contributed by atoms with Crippen molar-refractivity contribution in [1.82, 2.24) is 0 Å². The molecule has 1 aliphatic rings. The molecule has 1 heterocycles. The zero-order chi connectivity index (χ0) is 24.9. The van der Waals surface area contributed by atoms with Gasteiger partial charge in [-0.1, -0.05) is 30.3 Å². The fourth-order valence-electron chi connectivity index (χ4n) is 3.48. The van der Waals surface area contributed by atoms with Gasteiger partial charge in [0.1, 0.15) is 18.2 Å². The molecule has 0 aliphatic carbocycles. The molecule has 0 radical (unpaired) electrons. The van der Waals surface area contributed by atoms with Crippen LogP contribution in [-0.4, -0.2) is 24.9 Å². The van der Waals surface area contributed by atoms with Crippen LogP contribution in [0.25, 0.3) is 6.08 Å². The zero-order valence-corrected chi connectivity index (χ0v) is 21.3. The Bertz CT molecular complexity index is 1310. The van der Waals surface area contributed by atoms with E-state index >= 15 is 0 Å². The van der Waals surface area contributed by atoms with E-state index in [0.29, 0.717) is 45.1 Å². The maximum Gasteiger partial charge on any atom is 0.298 e. The van der Waals surface area contributed by atoms with Gasteiger partial charge >= 0.3 is 0 Å². The first-order valence-corrected chi connectivity index (χ1v) is 12.3. The Kier molecular flexibility index (Phi) is 7.77. The number of halogens is 2. The predicted molar refractivity (Wildman–Crippen MR) is 137 cm³/mol. The maximum atomic E-state index is 14.0. The molecule has 3 aromatic rings. The summed E-state index contributed by atoms with van der Waals surface area (Å²) in [7, 11) is 1.48. The summed E-state index contributed by atoms with van der Waals surface area (Å²) in [5.74, 6) is 0.457. The lowest BCUT2D eigenvalue weighted by atomic mass is 10.1. The molecule has 9 heteroatoms. The maximum absolute atomic E-state index is 14.0. The highest BCUT2D eigenvalue weighted by atomic mass is 79.9. The molecule has 0 spiro atoms. The number of rotatable bonds is 8. The summed E-state index contributed by atoms with van der Waals surface area (Å²) in [6.45, 7) is 2.22. The van der Waals surface area contributed by atoms with E-state index in [1.807, 2.05) is 6.92 Å². The molecule has 0 unspecified atom stereocenters. The van der Waals surface area contributed by atoms with Gasteiger partial charge in [0.2, 0.25) is 0 Å². The third-order valence-corrected chi connectivity index (χ3v) is 6.54. The second-order valence-corrected chi connectivity index (χ2v) is 9.18. The smallest absolute Gasteiger partial charge is 0.298 e. The summed E-state index contributed by atoms with van der Waals surface area (Å²) >= 11 is 4.33. The molecule has 1 fully saturated rings. The SMILES string of the molecule is CCOc1cc(/C=C2\SC(=O)N(c3ccccc3OC)C2=O)cc(Br)c1OCc1ccccc1F. The first-order chi connectivity index (χ1) is 16.9. The van der Waals surface area contributed by atoms with Crippen LogP contribution >= 0.6 is 27.7 Å². The van der Waals surface area contributed by atoms with Crippen molar-refractivity contribution in [2.24, 2.45) is 0 Å². The lowest BCUT2D eigenvalue weighted by molar-refractivity contribution is -0.113. The molecule has 0 saturated carbocycles. The monoisotopic (exact) mass is 557 g/mol. The highest BCUT2D eigenvalue weighted by Crippen LogP contribution is 2.42. The molecule has 0 aromatic heterocycles. The molecular weight excluding hydrogens is 537 g/mol. The number of carbonyl (C=O) groups is 2. The number of para-hydroxylation sites is 2. The Morgan fingerprint density at radius 2 is 1.77 bits per heavy atom.